The number of carbonyl (C=O) groups is 1. The van der Waals surface area contributed by atoms with Crippen molar-refractivity contribution in [1.82, 2.24) is 19.2 Å². The van der Waals surface area contributed by atoms with Gasteiger partial charge in [0.25, 0.3) is 5.91 Å². The van der Waals surface area contributed by atoms with Gasteiger partial charge in [0.05, 0.1) is 11.4 Å². The quantitative estimate of drug-likeness (QED) is 0.361. The molecule has 35 heavy (non-hydrogen) atoms. The van der Waals surface area contributed by atoms with Gasteiger partial charge in [-0.15, -0.1) is 0 Å². The molecule has 2 bridgehead atoms. The minimum Gasteiger partial charge on any atom is -0.330 e. The second kappa shape index (κ2) is 8.99. The lowest BCUT2D eigenvalue weighted by Gasteiger charge is -2.41. The number of rotatable bonds is 5. The van der Waals surface area contributed by atoms with Gasteiger partial charge in [-0.1, -0.05) is 60.7 Å². The molecule has 2 fully saturated rings. The number of piperazine rings is 1. The molecule has 0 aliphatic carbocycles. The van der Waals surface area contributed by atoms with Gasteiger partial charge < -0.3 is 9.30 Å². The van der Waals surface area contributed by atoms with Crippen LogP contribution in [-0.2, 0) is 6.54 Å². The molecule has 0 radical (unpaired) electrons. The molecule has 6 rings (SSSR count). The number of hydrogen-bond acceptors (Lipinski definition) is 3. The Kier molecular flexibility index (Phi) is 5.67. The molecular weight excluding hydrogens is 456 g/mol. The van der Waals surface area contributed by atoms with Gasteiger partial charge in [-0.25, -0.2) is 4.98 Å². The standard InChI is InChI=1S/C29H27ClN4O/c1-2-20-7-3-4-8-25(20)29(35)34-23-14-15-24(34)18-32(17-23)19-26-28(21-10-12-22(30)13-11-21)31-27-9-5-6-16-33(26)27/h2-13,16,23-24H,1,14-15,17-19H2. The minimum atomic E-state index is 0.129. The molecule has 176 valence electrons. The van der Waals surface area contributed by atoms with Crippen LogP contribution in [0, 0.1) is 0 Å². The highest BCUT2D eigenvalue weighted by Gasteiger charge is 2.43. The average Bonchev–Trinajstić information content (AvgIpc) is 3.38. The Morgan fingerprint density at radius 3 is 2.46 bits per heavy atom. The van der Waals surface area contributed by atoms with E-state index >= 15 is 0 Å². The highest BCUT2D eigenvalue weighted by atomic mass is 35.5. The Bertz CT molecular complexity index is 1400. The zero-order valence-corrected chi connectivity index (χ0v) is 20.2. The fourth-order valence-electron chi connectivity index (χ4n) is 5.71. The van der Waals surface area contributed by atoms with Gasteiger partial charge in [0.2, 0.25) is 0 Å². The summed E-state index contributed by atoms with van der Waals surface area (Å²) in [4.78, 5) is 23.1. The number of imidazole rings is 1. The van der Waals surface area contributed by atoms with Crippen LogP contribution < -0.4 is 0 Å². The maximum absolute atomic E-state index is 13.5. The van der Waals surface area contributed by atoms with Crippen molar-refractivity contribution in [3.63, 3.8) is 0 Å². The predicted octanol–water partition coefficient (Wildman–Crippen LogP) is 5.79. The van der Waals surface area contributed by atoms with E-state index in [0.29, 0.717) is 0 Å². The van der Waals surface area contributed by atoms with E-state index in [1.165, 1.54) is 5.69 Å². The first kappa shape index (κ1) is 22.1. The third-order valence-corrected chi connectivity index (χ3v) is 7.58. The minimum absolute atomic E-state index is 0.129. The molecular formula is C29H27ClN4O. The SMILES string of the molecule is C=Cc1ccccc1C(=O)N1C2CCC1CN(Cc1c(-c3ccc(Cl)cc3)nc3ccccn13)C2. The topological polar surface area (TPSA) is 40.9 Å². The van der Waals surface area contributed by atoms with Crippen molar-refractivity contribution in [2.45, 2.75) is 31.5 Å². The summed E-state index contributed by atoms with van der Waals surface area (Å²) in [6.45, 7) is 6.39. The number of hydrogen-bond donors (Lipinski definition) is 0. The van der Waals surface area contributed by atoms with Gasteiger partial charge in [0.1, 0.15) is 5.65 Å². The third kappa shape index (κ3) is 3.95. The molecule has 0 spiro atoms. The van der Waals surface area contributed by atoms with E-state index < -0.39 is 0 Å². The van der Waals surface area contributed by atoms with Crippen molar-refractivity contribution in [3.05, 3.63) is 101 Å². The van der Waals surface area contributed by atoms with Crippen LogP contribution in [0.1, 0.15) is 34.5 Å². The Morgan fingerprint density at radius 2 is 1.71 bits per heavy atom. The molecule has 2 aromatic carbocycles. The van der Waals surface area contributed by atoms with Crippen molar-refractivity contribution in [1.29, 1.82) is 0 Å². The summed E-state index contributed by atoms with van der Waals surface area (Å²) in [6, 6.07) is 22.2. The summed E-state index contributed by atoms with van der Waals surface area (Å²) in [5, 5.41) is 0.717. The van der Waals surface area contributed by atoms with Gasteiger partial charge in [0, 0.05) is 54.1 Å². The molecule has 2 atom stereocenters. The maximum atomic E-state index is 13.5. The molecule has 2 unspecified atom stereocenters. The largest absolute Gasteiger partial charge is 0.330 e. The number of aromatic nitrogens is 2. The lowest BCUT2D eigenvalue weighted by molar-refractivity contribution is 0.0402. The number of pyridine rings is 1. The number of fused-ring (bicyclic) bond motifs is 3. The molecule has 6 heteroatoms. The number of halogens is 1. The van der Waals surface area contributed by atoms with Crippen molar-refractivity contribution in [2.75, 3.05) is 13.1 Å². The van der Waals surface area contributed by atoms with E-state index in [-0.39, 0.29) is 18.0 Å². The van der Waals surface area contributed by atoms with E-state index in [4.69, 9.17) is 16.6 Å². The summed E-state index contributed by atoms with van der Waals surface area (Å²) in [6.07, 6.45) is 5.94. The predicted molar refractivity (Wildman–Crippen MR) is 140 cm³/mol. The van der Waals surface area contributed by atoms with Gasteiger partial charge in [-0.3, -0.25) is 9.69 Å². The summed E-state index contributed by atoms with van der Waals surface area (Å²) in [5.74, 6) is 0.129. The zero-order chi connectivity index (χ0) is 23.9. The summed E-state index contributed by atoms with van der Waals surface area (Å²) < 4.78 is 2.18. The van der Waals surface area contributed by atoms with E-state index in [0.717, 1.165) is 65.5 Å². The highest BCUT2D eigenvalue weighted by molar-refractivity contribution is 6.30. The first-order chi connectivity index (χ1) is 17.1. The molecule has 2 aromatic heterocycles. The van der Waals surface area contributed by atoms with Crippen LogP contribution in [0.5, 0.6) is 0 Å². The molecule has 2 aliphatic heterocycles. The first-order valence-corrected chi connectivity index (χ1v) is 12.5. The molecule has 4 aromatic rings. The molecule has 0 N–H and O–H groups in total. The van der Waals surface area contributed by atoms with Gasteiger partial charge >= 0.3 is 0 Å². The Morgan fingerprint density at radius 1 is 1.00 bits per heavy atom. The summed E-state index contributed by atoms with van der Waals surface area (Å²) in [5.41, 5.74) is 5.80. The van der Waals surface area contributed by atoms with Crippen LogP contribution >= 0.6 is 11.6 Å². The third-order valence-electron chi connectivity index (χ3n) is 7.32. The maximum Gasteiger partial charge on any atom is 0.255 e. The number of benzene rings is 2. The fourth-order valence-corrected chi connectivity index (χ4v) is 5.83. The van der Waals surface area contributed by atoms with Crippen LogP contribution in [0.4, 0.5) is 0 Å². The summed E-state index contributed by atoms with van der Waals surface area (Å²) in [7, 11) is 0. The van der Waals surface area contributed by atoms with E-state index in [1.54, 1.807) is 6.08 Å². The zero-order valence-electron chi connectivity index (χ0n) is 19.5. The highest BCUT2D eigenvalue weighted by Crippen LogP contribution is 2.34. The molecule has 5 nitrogen and oxygen atoms in total. The molecule has 2 saturated heterocycles. The normalized spacial score (nSPS) is 19.9. The number of nitrogens with zero attached hydrogens (tertiary/aromatic N) is 4. The Labute approximate surface area is 210 Å². The Hall–Kier alpha value is -3.41. The fraction of sp³-hybridized carbons (Fsp3) is 0.241. The van der Waals surface area contributed by atoms with Gasteiger partial charge in [-0.05, 0) is 48.7 Å². The van der Waals surface area contributed by atoms with Crippen molar-refractivity contribution >= 4 is 29.2 Å². The number of amides is 1. The second-order valence-corrected chi connectivity index (χ2v) is 9.86. The first-order valence-electron chi connectivity index (χ1n) is 12.1. The number of likely N-dealkylation sites (tertiary alicyclic amines) is 1. The van der Waals surface area contributed by atoms with E-state index in [1.807, 2.05) is 66.7 Å². The van der Waals surface area contributed by atoms with Crippen LogP contribution in [0.3, 0.4) is 0 Å². The van der Waals surface area contributed by atoms with Gasteiger partial charge in [-0.2, -0.15) is 0 Å². The van der Waals surface area contributed by atoms with Crippen LogP contribution in [0.25, 0.3) is 23.0 Å². The van der Waals surface area contributed by atoms with Crippen molar-refractivity contribution in [2.24, 2.45) is 0 Å². The van der Waals surface area contributed by atoms with Crippen LogP contribution in [0.15, 0.2) is 79.5 Å². The smallest absolute Gasteiger partial charge is 0.255 e. The number of carbonyl (C=O) groups excluding carboxylic acids is 1. The Balaban J connectivity index is 1.28. The molecule has 1 amide bonds. The molecule has 2 aliphatic rings. The lowest BCUT2D eigenvalue weighted by Crippen LogP contribution is -2.55. The van der Waals surface area contributed by atoms with E-state index in [9.17, 15) is 4.79 Å². The van der Waals surface area contributed by atoms with E-state index in [2.05, 4.69) is 27.0 Å². The molecule has 0 saturated carbocycles. The van der Waals surface area contributed by atoms with Crippen molar-refractivity contribution < 1.29 is 4.79 Å². The van der Waals surface area contributed by atoms with Crippen LogP contribution in [-0.4, -0.2) is 50.3 Å². The van der Waals surface area contributed by atoms with Crippen LogP contribution in [0.2, 0.25) is 5.02 Å². The monoisotopic (exact) mass is 482 g/mol. The molecule has 4 heterocycles. The second-order valence-electron chi connectivity index (χ2n) is 9.43. The lowest BCUT2D eigenvalue weighted by atomic mass is 10.0. The summed E-state index contributed by atoms with van der Waals surface area (Å²) >= 11 is 6.14. The van der Waals surface area contributed by atoms with Gasteiger partial charge in [0.15, 0.2) is 0 Å². The van der Waals surface area contributed by atoms with Crippen molar-refractivity contribution in [3.8, 4) is 11.3 Å². The average molecular weight is 483 g/mol.